The summed E-state index contributed by atoms with van der Waals surface area (Å²) in [5.41, 5.74) is 2.23. The molecule has 8 heteroatoms. The molecule has 1 unspecified atom stereocenters. The van der Waals surface area contributed by atoms with Crippen molar-refractivity contribution in [2.75, 3.05) is 6.54 Å². The van der Waals surface area contributed by atoms with Crippen LogP contribution < -0.4 is 5.32 Å². The van der Waals surface area contributed by atoms with Crippen molar-refractivity contribution in [2.45, 2.75) is 55.0 Å². The predicted molar refractivity (Wildman–Crippen MR) is 137 cm³/mol. The van der Waals surface area contributed by atoms with Gasteiger partial charge in [0.15, 0.2) is 0 Å². The van der Waals surface area contributed by atoms with E-state index in [9.17, 15) is 23.4 Å². The van der Waals surface area contributed by atoms with Gasteiger partial charge in [-0.1, -0.05) is 55.3 Å². The zero-order valence-corrected chi connectivity index (χ0v) is 21.3. The first-order valence-corrected chi connectivity index (χ1v) is 13.3. The molecule has 2 atom stereocenters. The number of rotatable bonds is 11. The third-order valence-electron chi connectivity index (χ3n) is 5.77. The Bertz CT molecular complexity index is 1270. The highest BCUT2D eigenvalue weighted by molar-refractivity contribution is 7.91. The molecule has 3 rings (SSSR count). The summed E-state index contributed by atoms with van der Waals surface area (Å²) in [6, 6.07) is 18.1. The summed E-state index contributed by atoms with van der Waals surface area (Å²) in [6.45, 7) is 4.30. The lowest BCUT2D eigenvalue weighted by molar-refractivity contribution is 0.0692. The molecule has 0 saturated carbocycles. The number of sulfone groups is 1. The molecule has 0 amide bonds. The van der Waals surface area contributed by atoms with Gasteiger partial charge in [0.25, 0.3) is 0 Å². The highest BCUT2D eigenvalue weighted by atomic mass is 35.5. The molecule has 0 heterocycles. The number of hydrogen-bond donors (Lipinski definition) is 3. The van der Waals surface area contributed by atoms with E-state index in [0.717, 1.165) is 23.1 Å². The van der Waals surface area contributed by atoms with E-state index in [4.69, 9.17) is 11.6 Å². The fraction of sp³-hybridized carbons (Fsp3) is 0.296. The van der Waals surface area contributed by atoms with Gasteiger partial charge in [-0.3, -0.25) is 0 Å². The van der Waals surface area contributed by atoms with Crippen LogP contribution in [0.3, 0.4) is 0 Å². The molecule has 186 valence electrons. The molecule has 0 aliphatic heterocycles. The molecule has 3 N–H and O–H groups in total. The standard InChI is InChI=1S/C27H30ClNO5S/c1-3-5-19-10-13-26(24(15-19)27(31)32)35(33,34)23-11-8-20(9-12-23)14-18(2)29-17-25(30)21-6-4-7-22(28)16-21/h4,6-13,15-16,18,25,29-30H,3,5,14,17H2,1-2H3,(H,31,32)/t18?,25-/m0/s1. The summed E-state index contributed by atoms with van der Waals surface area (Å²) in [7, 11) is -3.99. The van der Waals surface area contributed by atoms with Gasteiger partial charge >= 0.3 is 5.97 Å². The summed E-state index contributed by atoms with van der Waals surface area (Å²) in [5, 5.41) is 23.8. The molecule has 6 nitrogen and oxygen atoms in total. The van der Waals surface area contributed by atoms with Crippen molar-refractivity contribution in [3.8, 4) is 0 Å². The van der Waals surface area contributed by atoms with Gasteiger partial charge in [0, 0.05) is 17.6 Å². The largest absolute Gasteiger partial charge is 0.478 e. The Balaban J connectivity index is 1.68. The number of aryl methyl sites for hydroxylation is 1. The third kappa shape index (κ3) is 6.92. The Labute approximate surface area is 211 Å². The van der Waals surface area contributed by atoms with Crippen LogP contribution in [0.25, 0.3) is 0 Å². The first-order chi connectivity index (χ1) is 16.6. The Morgan fingerprint density at radius 2 is 1.71 bits per heavy atom. The first-order valence-electron chi connectivity index (χ1n) is 11.5. The smallest absolute Gasteiger partial charge is 0.337 e. The zero-order chi connectivity index (χ0) is 25.6. The number of aliphatic hydroxyl groups excluding tert-OH is 1. The summed E-state index contributed by atoms with van der Waals surface area (Å²) >= 11 is 5.98. The maximum atomic E-state index is 13.2. The molecule has 0 bridgehead atoms. The molecule has 0 aromatic heterocycles. The van der Waals surface area contributed by atoms with Gasteiger partial charge in [-0.15, -0.1) is 0 Å². The molecule has 35 heavy (non-hydrogen) atoms. The Morgan fingerprint density at radius 1 is 1.03 bits per heavy atom. The van der Waals surface area contributed by atoms with E-state index in [0.29, 0.717) is 24.4 Å². The number of carbonyl (C=O) groups is 1. The molecule has 0 spiro atoms. The maximum absolute atomic E-state index is 13.2. The molecule has 3 aromatic carbocycles. The number of carboxylic acid groups (broad SMARTS) is 1. The van der Waals surface area contributed by atoms with Gasteiger partial charge in [0.1, 0.15) is 0 Å². The Kier molecular flexibility index (Phi) is 9.08. The SMILES string of the molecule is CCCc1ccc(S(=O)(=O)c2ccc(CC(C)NC[C@H](O)c3cccc(Cl)c3)cc2)c(C(=O)O)c1. The average molecular weight is 516 g/mol. The fourth-order valence-corrected chi connectivity index (χ4v) is 5.55. The summed E-state index contributed by atoms with van der Waals surface area (Å²) < 4.78 is 26.4. The van der Waals surface area contributed by atoms with Crippen LogP contribution in [-0.2, 0) is 22.7 Å². The quantitative estimate of drug-likeness (QED) is 0.329. The topological polar surface area (TPSA) is 104 Å². The molecule has 0 saturated heterocycles. The van der Waals surface area contributed by atoms with E-state index < -0.39 is 21.9 Å². The summed E-state index contributed by atoms with van der Waals surface area (Å²) in [5.74, 6) is -1.27. The highest BCUT2D eigenvalue weighted by Gasteiger charge is 2.25. The van der Waals surface area contributed by atoms with Crippen LogP contribution in [0, 0.1) is 0 Å². The molecule has 0 aliphatic carbocycles. The van der Waals surface area contributed by atoms with Crippen LogP contribution in [-0.4, -0.2) is 37.2 Å². The number of hydrogen-bond acceptors (Lipinski definition) is 5. The van der Waals surface area contributed by atoms with Crippen molar-refractivity contribution < 1.29 is 23.4 Å². The van der Waals surface area contributed by atoms with Crippen LogP contribution in [0.2, 0.25) is 5.02 Å². The summed E-state index contributed by atoms with van der Waals surface area (Å²) in [4.78, 5) is 11.6. The minimum atomic E-state index is -3.99. The monoisotopic (exact) mass is 515 g/mol. The molecular weight excluding hydrogens is 486 g/mol. The number of aliphatic hydroxyl groups is 1. The van der Waals surface area contributed by atoms with Crippen molar-refractivity contribution >= 4 is 27.4 Å². The van der Waals surface area contributed by atoms with Crippen LogP contribution in [0.5, 0.6) is 0 Å². The Morgan fingerprint density at radius 3 is 2.34 bits per heavy atom. The number of benzene rings is 3. The van der Waals surface area contributed by atoms with Gasteiger partial charge in [0.2, 0.25) is 9.84 Å². The Hall–Kier alpha value is -2.71. The van der Waals surface area contributed by atoms with Crippen molar-refractivity contribution in [2.24, 2.45) is 0 Å². The van der Waals surface area contributed by atoms with Gasteiger partial charge < -0.3 is 15.5 Å². The van der Waals surface area contributed by atoms with E-state index in [1.165, 1.54) is 24.3 Å². The number of aromatic carboxylic acids is 1. The van der Waals surface area contributed by atoms with Crippen LogP contribution >= 0.6 is 11.6 Å². The minimum Gasteiger partial charge on any atom is -0.478 e. The van der Waals surface area contributed by atoms with E-state index in [1.54, 1.807) is 36.4 Å². The lowest BCUT2D eigenvalue weighted by Gasteiger charge is -2.18. The van der Waals surface area contributed by atoms with Crippen molar-refractivity contribution in [1.82, 2.24) is 5.32 Å². The fourth-order valence-electron chi connectivity index (χ4n) is 3.92. The molecular formula is C27H30ClNO5S. The zero-order valence-electron chi connectivity index (χ0n) is 19.7. The normalized spacial score (nSPS) is 13.4. The van der Waals surface area contributed by atoms with Gasteiger partial charge in [0.05, 0.1) is 21.5 Å². The second kappa shape index (κ2) is 11.8. The number of carboxylic acids is 1. The highest BCUT2D eigenvalue weighted by Crippen LogP contribution is 2.26. The summed E-state index contributed by atoms with van der Waals surface area (Å²) in [6.07, 6.45) is 1.43. The molecule has 0 aliphatic rings. The second-order valence-corrected chi connectivity index (χ2v) is 11.0. The van der Waals surface area contributed by atoms with Gasteiger partial charge in [-0.2, -0.15) is 0 Å². The van der Waals surface area contributed by atoms with Crippen LogP contribution in [0.4, 0.5) is 0 Å². The van der Waals surface area contributed by atoms with Crippen molar-refractivity contribution in [3.63, 3.8) is 0 Å². The van der Waals surface area contributed by atoms with Crippen LogP contribution in [0.15, 0.2) is 76.5 Å². The lowest BCUT2D eigenvalue weighted by Crippen LogP contribution is -2.32. The number of halogens is 1. The van der Waals surface area contributed by atoms with Crippen molar-refractivity contribution in [3.05, 3.63) is 94.0 Å². The van der Waals surface area contributed by atoms with Crippen molar-refractivity contribution in [1.29, 1.82) is 0 Å². The van der Waals surface area contributed by atoms with E-state index >= 15 is 0 Å². The van der Waals surface area contributed by atoms with E-state index in [2.05, 4.69) is 5.32 Å². The first kappa shape index (κ1) is 26.9. The van der Waals surface area contributed by atoms with Crippen LogP contribution in [0.1, 0.15) is 53.4 Å². The second-order valence-electron chi connectivity index (χ2n) is 8.62. The van der Waals surface area contributed by atoms with Gasteiger partial charge in [-0.05, 0) is 72.9 Å². The molecule has 3 aromatic rings. The lowest BCUT2D eigenvalue weighted by atomic mass is 10.1. The van der Waals surface area contributed by atoms with E-state index in [1.807, 2.05) is 19.9 Å². The number of nitrogens with one attached hydrogen (secondary N) is 1. The maximum Gasteiger partial charge on any atom is 0.337 e. The molecule has 0 fully saturated rings. The molecule has 0 radical (unpaired) electrons. The van der Waals surface area contributed by atoms with E-state index in [-0.39, 0.29) is 21.4 Å². The predicted octanol–water partition coefficient (Wildman–Crippen LogP) is 5.08. The average Bonchev–Trinajstić information content (AvgIpc) is 2.83. The van der Waals surface area contributed by atoms with Gasteiger partial charge in [-0.25, -0.2) is 13.2 Å². The third-order valence-corrected chi connectivity index (χ3v) is 7.83. The minimum absolute atomic E-state index is 0.0241.